The predicted octanol–water partition coefficient (Wildman–Crippen LogP) is 1.71. The molecule has 1 amide bonds. The number of hydrogen-bond acceptors (Lipinski definition) is 8. The van der Waals surface area contributed by atoms with Gasteiger partial charge in [0.05, 0.1) is 5.56 Å². The van der Waals surface area contributed by atoms with Crippen molar-refractivity contribution in [2.45, 2.75) is 12.3 Å². The molecule has 1 aromatic heterocycles. The Morgan fingerprint density at radius 2 is 1.83 bits per heavy atom. The fourth-order valence-corrected chi connectivity index (χ4v) is 3.09. The monoisotopic (exact) mass is 495 g/mol. The van der Waals surface area contributed by atoms with Gasteiger partial charge in [0.15, 0.2) is 5.82 Å². The van der Waals surface area contributed by atoms with Crippen molar-refractivity contribution in [3.63, 3.8) is 0 Å². The van der Waals surface area contributed by atoms with Crippen molar-refractivity contribution in [1.82, 2.24) is 20.1 Å². The van der Waals surface area contributed by atoms with E-state index >= 15 is 0 Å². The minimum Gasteiger partial charge on any atom is -0.507 e. The largest absolute Gasteiger partial charge is 0.507 e. The molecule has 3 rings (SSSR count). The molecule has 0 aliphatic rings. The van der Waals surface area contributed by atoms with Crippen molar-refractivity contribution in [3.05, 3.63) is 53.9 Å². The smallest absolute Gasteiger partial charge is 0.451 e. The first-order valence-electron chi connectivity index (χ1n) is 10.4. The van der Waals surface area contributed by atoms with Crippen LogP contribution in [-0.2, 0) is 13.2 Å². The van der Waals surface area contributed by atoms with E-state index in [-0.39, 0.29) is 36.9 Å². The van der Waals surface area contributed by atoms with Gasteiger partial charge in [0, 0.05) is 25.7 Å². The van der Waals surface area contributed by atoms with Gasteiger partial charge in [0.2, 0.25) is 5.82 Å². The third kappa shape index (κ3) is 6.83. The molecular weight excluding hydrogens is 471 g/mol. The summed E-state index contributed by atoms with van der Waals surface area (Å²) >= 11 is 0. The second-order valence-corrected chi connectivity index (χ2v) is 7.49. The van der Waals surface area contributed by atoms with E-state index in [1.54, 1.807) is 24.3 Å². The first-order chi connectivity index (χ1) is 16.6. The number of halogens is 3. The highest BCUT2D eigenvalue weighted by molar-refractivity contribution is 5.95. The van der Waals surface area contributed by atoms with E-state index in [4.69, 9.17) is 15.2 Å². The summed E-state index contributed by atoms with van der Waals surface area (Å²) in [5.74, 6) is -1.24. The van der Waals surface area contributed by atoms with Gasteiger partial charge in [-0.3, -0.25) is 4.79 Å². The van der Waals surface area contributed by atoms with Crippen LogP contribution in [0.4, 0.5) is 13.2 Å². The van der Waals surface area contributed by atoms with E-state index in [0.29, 0.717) is 23.6 Å². The lowest BCUT2D eigenvalue weighted by Crippen LogP contribution is -2.33. The van der Waals surface area contributed by atoms with Crippen LogP contribution in [-0.4, -0.2) is 63.3 Å². The van der Waals surface area contributed by atoms with Crippen LogP contribution in [0.3, 0.4) is 0 Å². The molecule has 0 saturated carbocycles. The Morgan fingerprint density at radius 1 is 1.14 bits per heavy atom. The maximum absolute atomic E-state index is 12.9. The number of amides is 1. The molecule has 1 heterocycles. The highest BCUT2D eigenvalue weighted by Gasteiger charge is 2.37. The third-order valence-electron chi connectivity index (χ3n) is 4.84. The highest BCUT2D eigenvalue weighted by Crippen LogP contribution is 2.30. The van der Waals surface area contributed by atoms with Crippen LogP contribution in [0.15, 0.2) is 42.5 Å². The van der Waals surface area contributed by atoms with E-state index in [1.807, 2.05) is 0 Å². The molecule has 1 atom stereocenters. The minimum absolute atomic E-state index is 0.0185. The minimum atomic E-state index is -4.60. The summed E-state index contributed by atoms with van der Waals surface area (Å²) < 4.78 is 50.5. The number of ether oxygens (including phenoxy) is 2. The van der Waals surface area contributed by atoms with Gasteiger partial charge < -0.3 is 35.3 Å². The maximum atomic E-state index is 12.9. The topological polar surface area (TPSA) is 145 Å². The lowest BCUT2D eigenvalue weighted by molar-refractivity contribution is -0.146. The zero-order valence-electron chi connectivity index (χ0n) is 18.6. The molecule has 3 aromatic rings. The van der Waals surface area contributed by atoms with Gasteiger partial charge in [0.25, 0.3) is 5.91 Å². The Balaban J connectivity index is 1.39. The number of alkyl halides is 3. The lowest BCUT2D eigenvalue weighted by atomic mass is 10.2. The number of nitrogens with one attached hydrogen (secondary N) is 1. The summed E-state index contributed by atoms with van der Waals surface area (Å²) in [5, 5.41) is 29.4. The number of carbonyl (C=O) groups excluding carboxylic acids is 1. The number of primary amides is 1. The second kappa shape index (κ2) is 11.1. The number of aromatic hydroxyl groups is 1. The fourth-order valence-electron chi connectivity index (χ4n) is 3.09. The molecule has 2 aromatic carbocycles. The Kier molecular flexibility index (Phi) is 8.14. The number of phenols is 1. The summed E-state index contributed by atoms with van der Waals surface area (Å²) in [4.78, 5) is 11.2. The summed E-state index contributed by atoms with van der Waals surface area (Å²) in [5.41, 5.74) is 5.56. The second-order valence-electron chi connectivity index (χ2n) is 7.49. The molecule has 0 saturated heterocycles. The molecule has 5 N–H and O–H groups in total. The number of nitrogens with two attached hydrogens (primary N) is 1. The molecule has 0 aliphatic carbocycles. The molecule has 188 valence electrons. The van der Waals surface area contributed by atoms with E-state index in [2.05, 4.69) is 15.5 Å². The average molecular weight is 495 g/mol. The van der Waals surface area contributed by atoms with Crippen LogP contribution >= 0.6 is 0 Å². The third-order valence-corrected chi connectivity index (χ3v) is 4.84. The number of hydrogen-bond donors (Lipinski definition) is 4. The van der Waals surface area contributed by atoms with Gasteiger partial charge in [-0.15, -0.1) is 10.2 Å². The quantitative estimate of drug-likeness (QED) is 0.294. The summed E-state index contributed by atoms with van der Waals surface area (Å²) in [7, 11) is 1.24. The molecule has 0 aliphatic heterocycles. The van der Waals surface area contributed by atoms with E-state index in [9.17, 15) is 28.2 Å². The lowest BCUT2D eigenvalue weighted by Gasteiger charge is -2.14. The summed E-state index contributed by atoms with van der Waals surface area (Å²) in [6.07, 6.45) is -5.43. The van der Waals surface area contributed by atoms with E-state index in [1.165, 1.54) is 25.2 Å². The van der Waals surface area contributed by atoms with Crippen molar-refractivity contribution in [1.29, 1.82) is 0 Å². The van der Waals surface area contributed by atoms with Crippen molar-refractivity contribution >= 4 is 5.91 Å². The Labute approximate surface area is 198 Å². The van der Waals surface area contributed by atoms with E-state index in [0.717, 1.165) is 4.57 Å². The van der Waals surface area contributed by atoms with Crippen molar-refractivity contribution in [3.8, 4) is 28.6 Å². The molecule has 0 radical (unpaired) electrons. The number of aliphatic hydroxyl groups is 1. The Hall–Kier alpha value is -3.84. The normalized spacial score (nSPS) is 12.4. The number of aromatic nitrogens is 3. The number of benzene rings is 2. The maximum Gasteiger partial charge on any atom is 0.451 e. The van der Waals surface area contributed by atoms with Gasteiger partial charge in [-0.1, -0.05) is 0 Å². The predicted molar refractivity (Wildman–Crippen MR) is 118 cm³/mol. The SMILES string of the molecule is Cn1c(-c2ccc(OCC(O)CNCCOc3ccc(O)c(C(N)=O)c3)cc2)nnc1C(F)(F)F. The highest BCUT2D eigenvalue weighted by atomic mass is 19.4. The zero-order chi connectivity index (χ0) is 25.6. The van der Waals surface area contributed by atoms with Gasteiger partial charge in [0.1, 0.15) is 36.6 Å². The van der Waals surface area contributed by atoms with Gasteiger partial charge in [-0.25, -0.2) is 0 Å². The van der Waals surface area contributed by atoms with Crippen LogP contribution in [0.25, 0.3) is 11.4 Å². The van der Waals surface area contributed by atoms with Crippen molar-refractivity contribution in [2.75, 3.05) is 26.3 Å². The molecule has 0 bridgehead atoms. The number of carbonyl (C=O) groups is 1. The van der Waals surface area contributed by atoms with Crippen LogP contribution < -0.4 is 20.5 Å². The summed E-state index contributed by atoms with van der Waals surface area (Å²) in [6, 6.07) is 10.4. The van der Waals surface area contributed by atoms with Crippen LogP contribution in [0.1, 0.15) is 16.2 Å². The van der Waals surface area contributed by atoms with Crippen LogP contribution in [0.5, 0.6) is 17.2 Å². The number of aliphatic hydroxyl groups excluding tert-OH is 1. The summed E-state index contributed by atoms with van der Waals surface area (Å²) in [6.45, 7) is 0.810. The standard InChI is InChI=1S/C22H24F3N5O5/c1-30-20(28-29-21(30)22(23,24)25)13-2-4-15(5-3-13)35-12-14(31)11-27-8-9-34-16-6-7-18(32)17(10-16)19(26)33/h2-7,10,14,27,31-32H,8-9,11-12H2,1H3,(H2,26,33). The molecule has 35 heavy (non-hydrogen) atoms. The zero-order valence-corrected chi connectivity index (χ0v) is 18.6. The number of nitrogens with zero attached hydrogens (tertiary/aromatic N) is 3. The Morgan fingerprint density at radius 3 is 2.46 bits per heavy atom. The fraction of sp³-hybridized carbons (Fsp3) is 0.318. The van der Waals surface area contributed by atoms with E-state index < -0.39 is 24.0 Å². The average Bonchev–Trinajstić information content (AvgIpc) is 3.20. The molecule has 0 spiro atoms. The van der Waals surface area contributed by atoms with Gasteiger partial charge >= 0.3 is 6.18 Å². The molecule has 1 unspecified atom stereocenters. The van der Waals surface area contributed by atoms with Gasteiger partial charge in [-0.05, 0) is 42.5 Å². The van der Waals surface area contributed by atoms with Crippen molar-refractivity contribution < 1.29 is 37.7 Å². The first kappa shape index (κ1) is 25.8. The van der Waals surface area contributed by atoms with Crippen molar-refractivity contribution in [2.24, 2.45) is 12.8 Å². The number of rotatable bonds is 11. The molecular formula is C22H24F3N5O5. The molecule has 0 fully saturated rings. The molecule has 10 nitrogen and oxygen atoms in total. The Bertz CT molecular complexity index is 1150. The molecule has 13 heteroatoms. The van der Waals surface area contributed by atoms with Gasteiger partial charge in [-0.2, -0.15) is 13.2 Å². The van der Waals surface area contributed by atoms with Crippen LogP contribution in [0.2, 0.25) is 0 Å². The van der Waals surface area contributed by atoms with Crippen LogP contribution in [0, 0.1) is 0 Å². The first-order valence-corrected chi connectivity index (χ1v) is 10.4.